The van der Waals surface area contributed by atoms with Gasteiger partial charge in [0.1, 0.15) is 13.2 Å². The van der Waals surface area contributed by atoms with Crippen molar-refractivity contribution in [1.29, 1.82) is 0 Å². The van der Waals surface area contributed by atoms with Crippen molar-refractivity contribution in [2.45, 2.75) is 213 Å². The molecule has 0 saturated heterocycles. The average Bonchev–Trinajstić information content (AvgIpc) is 3.31. The quantitative estimate of drug-likeness (QED) is 0.0262. The van der Waals surface area contributed by atoms with Crippen LogP contribution in [0.3, 0.4) is 0 Å². The Kier molecular flexibility index (Phi) is 49.6. The summed E-state index contributed by atoms with van der Waals surface area (Å²) in [6.45, 7) is 6.25. The van der Waals surface area contributed by atoms with E-state index in [9.17, 15) is 14.4 Å². The zero-order chi connectivity index (χ0) is 47.9. The normalized spacial score (nSPS) is 13.2. The lowest BCUT2D eigenvalue weighted by Gasteiger charge is -2.18. The van der Waals surface area contributed by atoms with Gasteiger partial charge in [-0.2, -0.15) is 0 Å². The molecule has 370 valence electrons. The highest BCUT2D eigenvalue weighted by atomic mass is 16.6. The molecule has 1 unspecified atom stereocenters. The Morgan fingerprint density at radius 1 is 0.318 bits per heavy atom. The molecule has 0 bridgehead atoms. The zero-order valence-electron chi connectivity index (χ0n) is 42.1. The maximum atomic E-state index is 12.8. The van der Waals surface area contributed by atoms with Crippen molar-refractivity contribution in [1.82, 2.24) is 0 Å². The first-order chi connectivity index (χ1) is 32.5. The third-order valence-corrected chi connectivity index (χ3v) is 10.4. The third-order valence-electron chi connectivity index (χ3n) is 10.4. The Morgan fingerprint density at radius 3 is 1.02 bits per heavy atom. The summed E-state index contributed by atoms with van der Waals surface area (Å²) in [5, 5.41) is 0. The minimum atomic E-state index is -0.851. The van der Waals surface area contributed by atoms with Crippen LogP contribution in [-0.2, 0) is 28.6 Å². The largest absolute Gasteiger partial charge is 0.462 e. The first-order valence-corrected chi connectivity index (χ1v) is 26.2. The van der Waals surface area contributed by atoms with Crippen LogP contribution in [0.15, 0.2) is 134 Å². The minimum Gasteiger partial charge on any atom is -0.462 e. The predicted octanol–water partition coefficient (Wildman–Crippen LogP) is 17.5. The van der Waals surface area contributed by atoms with Crippen molar-refractivity contribution in [2.75, 3.05) is 13.2 Å². The number of hydrogen-bond acceptors (Lipinski definition) is 6. The molecule has 0 amide bonds. The maximum Gasteiger partial charge on any atom is 0.306 e. The molecule has 0 heterocycles. The van der Waals surface area contributed by atoms with Crippen LogP contribution < -0.4 is 0 Å². The van der Waals surface area contributed by atoms with Crippen molar-refractivity contribution < 1.29 is 28.6 Å². The molecule has 0 fully saturated rings. The highest BCUT2D eigenvalue weighted by Gasteiger charge is 2.19. The number of hydrogen-bond donors (Lipinski definition) is 0. The molecule has 0 aromatic heterocycles. The Morgan fingerprint density at radius 2 is 0.621 bits per heavy atom. The molecule has 1 atom stereocenters. The number of rotatable bonds is 45. The Labute approximate surface area is 405 Å². The van der Waals surface area contributed by atoms with E-state index >= 15 is 0 Å². The van der Waals surface area contributed by atoms with E-state index in [0.717, 1.165) is 103 Å². The van der Waals surface area contributed by atoms with E-state index in [4.69, 9.17) is 14.2 Å². The van der Waals surface area contributed by atoms with Gasteiger partial charge in [0.15, 0.2) is 6.10 Å². The second-order valence-corrected chi connectivity index (χ2v) is 16.7. The highest BCUT2D eigenvalue weighted by Crippen LogP contribution is 2.12. The number of carbonyl (C=O) groups is 3. The fourth-order valence-corrected chi connectivity index (χ4v) is 6.53. The standard InChI is InChI=1S/C60H94O6/c1-4-7-10-13-16-19-22-25-27-29-30-31-33-35-38-41-44-47-50-53-59(62)65-56-57(55-64-58(61)52-49-46-43-40-37-34-24-21-18-15-12-9-6-3)66-60(63)54-51-48-45-42-39-36-32-28-26-23-20-17-14-11-8-5-2/h7-8,10-11,16-17,19-20,25-28,30-31,34,36-37,39,43,45-46,48,57H,4-6,9,12-15,18,21-24,29,32-33,35,38,40-42,44,47,49-56H2,1-3H3/b10-7+,11-8+,19-16+,20-17+,27-25+,28-26+,31-30+,37-34+,39-36+,46-43+,48-45+. The van der Waals surface area contributed by atoms with E-state index in [-0.39, 0.29) is 38.0 Å². The van der Waals surface area contributed by atoms with Crippen LogP contribution in [0.25, 0.3) is 0 Å². The second-order valence-electron chi connectivity index (χ2n) is 16.7. The van der Waals surface area contributed by atoms with Gasteiger partial charge >= 0.3 is 17.9 Å². The molecule has 0 aliphatic heterocycles. The first-order valence-electron chi connectivity index (χ1n) is 26.2. The molecule has 66 heavy (non-hydrogen) atoms. The van der Waals surface area contributed by atoms with Crippen molar-refractivity contribution >= 4 is 17.9 Å². The van der Waals surface area contributed by atoms with Crippen LogP contribution in [0.1, 0.15) is 207 Å². The molecular weight excluding hydrogens is 817 g/mol. The van der Waals surface area contributed by atoms with Crippen molar-refractivity contribution in [3.63, 3.8) is 0 Å². The summed E-state index contributed by atoms with van der Waals surface area (Å²) >= 11 is 0. The zero-order valence-corrected chi connectivity index (χ0v) is 42.1. The van der Waals surface area contributed by atoms with Crippen LogP contribution in [0.5, 0.6) is 0 Å². The van der Waals surface area contributed by atoms with Gasteiger partial charge in [0.2, 0.25) is 0 Å². The fourth-order valence-electron chi connectivity index (χ4n) is 6.53. The van der Waals surface area contributed by atoms with E-state index in [1.165, 1.54) is 51.4 Å². The summed E-state index contributed by atoms with van der Waals surface area (Å²) in [7, 11) is 0. The molecule has 6 heteroatoms. The molecule has 0 aliphatic rings. The monoisotopic (exact) mass is 911 g/mol. The maximum absolute atomic E-state index is 12.8. The van der Waals surface area contributed by atoms with E-state index in [2.05, 4.69) is 136 Å². The van der Waals surface area contributed by atoms with Crippen LogP contribution >= 0.6 is 0 Å². The minimum absolute atomic E-state index is 0.137. The number of allylic oxidation sites excluding steroid dienone is 22. The van der Waals surface area contributed by atoms with Crippen molar-refractivity contribution in [3.8, 4) is 0 Å². The predicted molar refractivity (Wildman–Crippen MR) is 283 cm³/mol. The molecule has 0 rings (SSSR count). The number of carbonyl (C=O) groups excluding carboxylic acids is 3. The van der Waals surface area contributed by atoms with E-state index in [0.29, 0.717) is 19.3 Å². The highest BCUT2D eigenvalue weighted by molar-refractivity contribution is 5.71. The van der Waals surface area contributed by atoms with Gasteiger partial charge in [0.05, 0.1) is 0 Å². The third kappa shape index (κ3) is 50.5. The number of unbranched alkanes of at least 4 members (excludes halogenated alkanes) is 12. The second kappa shape index (κ2) is 53.2. The summed E-state index contributed by atoms with van der Waals surface area (Å²) in [4.78, 5) is 37.9. The molecule has 0 spiro atoms. The number of ether oxygens (including phenoxy) is 3. The smallest absolute Gasteiger partial charge is 0.306 e. The van der Waals surface area contributed by atoms with Gasteiger partial charge in [-0.15, -0.1) is 0 Å². The van der Waals surface area contributed by atoms with Crippen molar-refractivity contribution in [2.24, 2.45) is 0 Å². The van der Waals surface area contributed by atoms with Gasteiger partial charge in [-0.25, -0.2) is 0 Å². The molecular formula is C60H94O6. The topological polar surface area (TPSA) is 78.9 Å². The van der Waals surface area contributed by atoms with Crippen LogP contribution in [0, 0.1) is 0 Å². The number of esters is 3. The lowest BCUT2D eigenvalue weighted by atomic mass is 10.1. The first kappa shape index (κ1) is 61.5. The van der Waals surface area contributed by atoms with Gasteiger partial charge in [0.25, 0.3) is 0 Å². The molecule has 0 aliphatic carbocycles. The lowest BCUT2D eigenvalue weighted by Crippen LogP contribution is -2.30. The van der Waals surface area contributed by atoms with Crippen LogP contribution in [0.2, 0.25) is 0 Å². The molecule has 0 aromatic carbocycles. The Bertz CT molecular complexity index is 1460. The molecule has 0 radical (unpaired) electrons. The average molecular weight is 911 g/mol. The van der Waals surface area contributed by atoms with E-state index in [1.807, 2.05) is 18.2 Å². The van der Waals surface area contributed by atoms with Gasteiger partial charge in [-0.1, -0.05) is 212 Å². The van der Waals surface area contributed by atoms with Gasteiger partial charge in [0, 0.05) is 19.3 Å². The Balaban J connectivity index is 4.58. The summed E-state index contributed by atoms with van der Waals surface area (Å²) in [5.74, 6) is -1.11. The fraction of sp³-hybridized carbons (Fsp3) is 0.583. The van der Waals surface area contributed by atoms with E-state index in [1.54, 1.807) is 0 Å². The van der Waals surface area contributed by atoms with Gasteiger partial charge in [-0.3, -0.25) is 14.4 Å². The Hall–Kier alpha value is -4.45. The van der Waals surface area contributed by atoms with Gasteiger partial charge < -0.3 is 14.2 Å². The lowest BCUT2D eigenvalue weighted by molar-refractivity contribution is -0.166. The van der Waals surface area contributed by atoms with Crippen molar-refractivity contribution in [3.05, 3.63) is 134 Å². The summed E-state index contributed by atoms with van der Waals surface area (Å²) < 4.78 is 16.7. The SMILES string of the molecule is CC/C=C/C/C=C/C/C=C/C/C=C/C/C=C/CCC(=O)OC(COC(=O)CC/C=C/C/C=C/CCCCCCCC)COC(=O)CCCCCCCC/C=C/C/C=C/C/C=C/C/C=C/CC. The van der Waals surface area contributed by atoms with Crippen LogP contribution in [0.4, 0.5) is 0 Å². The molecule has 0 saturated carbocycles. The summed E-state index contributed by atoms with van der Waals surface area (Å²) in [6.07, 6.45) is 74.6. The van der Waals surface area contributed by atoms with Gasteiger partial charge in [-0.05, 0) is 109 Å². The van der Waals surface area contributed by atoms with Crippen LogP contribution in [-0.4, -0.2) is 37.2 Å². The molecule has 6 nitrogen and oxygen atoms in total. The molecule has 0 aromatic rings. The van der Waals surface area contributed by atoms with E-state index < -0.39 is 12.1 Å². The summed E-state index contributed by atoms with van der Waals surface area (Å²) in [6, 6.07) is 0. The summed E-state index contributed by atoms with van der Waals surface area (Å²) in [5.41, 5.74) is 0. The molecule has 0 N–H and O–H groups in total.